The molecule has 0 amide bonds. The van der Waals surface area contributed by atoms with Gasteiger partial charge in [0.1, 0.15) is 5.70 Å². The molecule has 0 radical (unpaired) electrons. The average molecular weight is 306 g/mol. The molecule has 23 heavy (non-hydrogen) atoms. The number of aliphatic imine (C=N–C) groups is 1. The lowest BCUT2D eigenvalue weighted by molar-refractivity contribution is -0.130. The predicted octanol–water partition coefficient (Wildman–Crippen LogP) is 3.18. The van der Waals surface area contributed by atoms with Gasteiger partial charge in [0.2, 0.25) is 5.90 Å². The summed E-state index contributed by atoms with van der Waals surface area (Å²) in [6, 6.07) is 17.6. The van der Waals surface area contributed by atoms with Gasteiger partial charge in [-0.05, 0) is 42.3 Å². The lowest BCUT2D eigenvalue weighted by Crippen LogP contribution is -2.08. The van der Waals surface area contributed by atoms with Gasteiger partial charge >= 0.3 is 5.97 Å². The first-order chi connectivity index (χ1) is 11.1. The number of carbonyl (C=O) groups excluding carboxylic acids is 1. The Balaban J connectivity index is 1.74. The Bertz CT molecular complexity index is 760. The number of ether oxygens (including phenoxy) is 1. The number of hydrogen-bond donors (Lipinski definition) is 0. The van der Waals surface area contributed by atoms with Gasteiger partial charge in [-0.1, -0.05) is 30.3 Å². The Morgan fingerprint density at radius 3 is 2.39 bits per heavy atom. The van der Waals surface area contributed by atoms with Crippen molar-refractivity contribution in [2.45, 2.75) is 6.42 Å². The highest BCUT2D eigenvalue weighted by Gasteiger charge is 2.23. The van der Waals surface area contributed by atoms with E-state index in [1.807, 2.05) is 55.4 Å². The van der Waals surface area contributed by atoms with Crippen molar-refractivity contribution < 1.29 is 9.53 Å². The Labute approximate surface area is 135 Å². The van der Waals surface area contributed by atoms with Crippen LogP contribution >= 0.6 is 0 Å². The zero-order valence-electron chi connectivity index (χ0n) is 13.2. The minimum atomic E-state index is -0.395. The second-order valence-electron chi connectivity index (χ2n) is 5.53. The van der Waals surface area contributed by atoms with Gasteiger partial charge in [-0.3, -0.25) is 0 Å². The number of benzene rings is 2. The van der Waals surface area contributed by atoms with Crippen LogP contribution in [0.15, 0.2) is 71.4 Å². The fourth-order valence-corrected chi connectivity index (χ4v) is 2.30. The molecule has 1 aliphatic heterocycles. The average Bonchev–Trinajstić information content (AvgIpc) is 2.95. The normalized spacial score (nSPS) is 15.5. The molecule has 0 spiro atoms. The van der Waals surface area contributed by atoms with E-state index in [2.05, 4.69) is 29.3 Å². The summed E-state index contributed by atoms with van der Waals surface area (Å²) in [7, 11) is 4.01. The monoisotopic (exact) mass is 306 g/mol. The van der Waals surface area contributed by atoms with Crippen molar-refractivity contribution in [1.82, 2.24) is 0 Å². The number of carbonyl (C=O) groups is 1. The summed E-state index contributed by atoms with van der Waals surface area (Å²) in [6.07, 6.45) is 2.45. The van der Waals surface area contributed by atoms with Crippen LogP contribution in [0.25, 0.3) is 0 Å². The first-order valence-electron chi connectivity index (χ1n) is 7.46. The summed E-state index contributed by atoms with van der Waals surface area (Å²) in [6.45, 7) is 0. The second kappa shape index (κ2) is 6.48. The molecular formula is C19H18N2O2. The van der Waals surface area contributed by atoms with E-state index in [0.717, 1.165) is 16.8 Å². The third-order valence-electron chi connectivity index (χ3n) is 3.63. The smallest absolute Gasteiger partial charge is 0.363 e. The Morgan fingerprint density at radius 1 is 1.04 bits per heavy atom. The van der Waals surface area contributed by atoms with Crippen molar-refractivity contribution in [3.05, 3.63) is 77.5 Å². The fraction of sp³-hybridized carbons (Fsp3) is 0.158. The lowest BCUT2D eigenvalue weighted by atomic mass is 10.1. The molecule has 0 atom stereocenters. The van der Waals surface area contributed by atoms with Gasteiger partial charge in [-0.15, -0.1) is 0 Å². The molecule has 2 aromatic carbocycles. The van der Waals surface area contributed by atoms with E-state index >= 15 is 0 Å². The highest BCUT2D eigenvalue weighted by Crippen LogP contribution is 2.18. The molecule has 0 unspecified atom stereocenters. The first-order valence-corrected chi connectivity index (χ1v) is 7.46. The van der Waals surface area contributed by atoms with Gasteiger partial charge in [0.25, 0.3) is 0 Å². The molecule has 3 rings (SSSR count). The molecule has 0 aliphatic carbocycles. The van der Waals surface area contributed by atoms with Crippen LogP contribution in [0, 0.1) is 0 Å². The topological polar surface area (TPSA) is 41.9 Å². The summed E-state index contributed by atoms with van der Waals surface area (Å²) in [4.78, 5) is 18.3. The van der Waals surface area contributed by atoms with Crippen LogP contribution in [0.3, 0.4) is 0 Å². The van der Waals surface area contributed by atoms with E-state index in [-0.39, 0.29) is 0 Å². The number of anilines is 1. The molecular weight excluding hydrogens is 288 g/mol. The maximum Gasteiger partial charge on any atom is 0.363 e. The molecule has 1 aliphatic rings. The minimum absolute atomic E-state index is 0.362. The molecule has 2 aromatic rings. The van der Waals surface area contributed by atoms with Gasteiger partial charge in [-0.25, -0.2) is 9.79 Å². The molecule has 1 heterocycles. The lowest BCUT2D eigenvalue weighted by Gasteiger charge is -2.12. The van der Waals surface area contributed by atoms with Gasteiger partial charge in [0.05, 0.1) is 0 Å². The quantitative estimate of drug-likeness (QED) is 0.643. The van der Waals surface area contributed by atoms with Crippen molar-refractivity contribution in [3.63, 3.8) is 0 Å². The summed E-state index contributed by atoms with van der Waals surface area (Å²) < 4.78 is 5.24. The van der Waals surface area contributed by atoms with Crippen LogP contribution in [0.4, 0.5) is 5.69 Å². The maximum absolute atomic E-state index is 11.9. The zero-order valence-corrected chi connectivity index (χ0v) is 13.2. The van der Waals surface area contributed by atoms with E-state index in [0.29, 0.717) is 18.0 Å². The number of rotatable bonds is 4. The Hall–Kier alpha value is -2.88. The molecule has 116 valence electrons. The van der Waals surface area contributed by atoms with Crippen LogP contribution < -0.4 is 4.90 Å². The van der Waals surface area contributed by atoms with Crippen LogP contribution in [0.2, 0.25) is 0 Å². The number of esters is 1. The number of nitrogens with zero attached hydrogens (tertiary/aromatic N) is 2. The molecule has 0 saturated carbocycles. The van der Waals surface area contributed by atoms with E-state index in [1.165, 1.54) is 0 Å². The largest absolute Gasteiger partial charge is 0.402 e. The third-order valence-corrected chi connectivity index (χ3v) is 3.63. The Morgan fingerprint density at radius 2 is 1.74 bits per heavy atom. The second-order valence-corrected chi connectivity index (χ2v) is 5.53. The van der Waals surface area contributed by atoms with Crippen molar-refractivity contribution >= 4 is 17.6 Å². The van der Waals surface area contributed by atoms with Crippen molar-refractivity contribution in [2.24, 2.45) is 4.99 Å². The molecule has 0 fully saturated rings. The van der Waals surface area contributed by atoms with Crippen LogP contribution in [0.5, 0.6) is 0 Å². The van der Waals surface area contributed by atoms with Crippen LogP contribution in [0.1, 0.15) is 11.1 Å². The molecule has 0 N–H and O–H groups in total. The van der Waals surface area contributed by atoms with Gasteiger partial charge in [0, 0.05) is 25.3 Å². The molecule has 4 heteroatoms. The minimum Gasteiger partial charge on any atom is -0.402 e. The summed E-state index contributed by atoms with van der Waals surface area (Å²) >= 11 is 0. The molecule has 0 aromatic heterocycles. The zero-order chi connectivity index (χ0) is 16.2. The number of hydrogen-bond acceptors (Lipinski definition) is 4. The van der Waals surface area contributed by atoms with Crippen molar-refractivity contribution in [3.8, 4) is 0 Å². The summed E-state index contributed by atoms with van der Waals surface area (Å²) in [5.41, 5.74) is 3.44. The van der Waals surface area contributed by atoms with Gasteiger partial charge in [0.15, 0.2) is 0 Å². The maximum atomic E-state index is 11.9. The van der Waals surface area contributed by atoms with Crippen molar-refractivity contribution in [1.29, 1.82) is 0 Å². The highest BCUT2D eigenvalue weighted by atomic mass is 16.6. The Kier molecular flexibility index (Phi) is 4.24. The predicted molar refractivity (Wildman–Crippen MR) is 91.6 cm³/mol. The standard InChI is InChI=1S/C19H18N2O2/c1-21(2)16-11-8-14(9-12-16)10-13-17-19(22)23-18(20-17)15-6-4-3-5-7-15/h3-9,11-13H,10H2,1-2H3/b17-13+. The van der Waals surface area contributed by atoms with Crippen LogP contribution in [-0.4, -0.2) is 26.0 Å². The summed E-state index contributed by atoms with van der Waals surface area (Å²) in [5.74, 6) is -0.0291. The van der Waals surface area contributed by atoms with Gasteiger partial charge < -0.3 is 9.64 Å². The number of allylic oxidation sites excluding steroid dienone is 1. The summed E-state index contributed by atoms with van der Waals surface area (Å²) in [5, 5.41) is 0. The van der Waals surface area contributed by atoms with E-state index < -0.39 is 5.97 Å². The van der Waals surface area contributed by atoms with E-state index in [1.54, 1.807) is 0 Å². The van der Waals surface area contributed by atoms with E-state index in [9.17, 15) is 4.79 Å². The SMILES string of the molecule is CN(C)c1ccc(C/C=C2/N=C(c3ccccc3)OC2=O)cc1. The first kappa shape index (κ1) is 15.0. The molecule has 0 saturated heterocycles. The highest BCUT2D eigenvalue weighted by molar-refractivity contribution is 6.11. The third kappa shape index (κ3) is 3.48. The molecule has 0 bridgehead atoms. The fourth-order valence-electron chi connectivity index (χ4n) is 2.30. The van der Waals surface area contributed by atoms with Crippen molar-refractivity contribution in [2.75, 3.05) is 19.0 Å². The van der Waals surface area contributed by atoms with E-state index in [4.69, 9.17) is 4.74 Å². The van der Waals surface area contributed by atoms with Crippen LogP contribution in [-0.2, 0) is 16.0 Å². The number of cyclic esters (lactones) is 1. The molecule has 4 nitrogen and oxygen atoms in total. The van der Waals surface area contributed by atoms with Gasteiger partial charge in [-0.2, -0.15) is 0 Å².